The Balaban J connectivity index is 2.05. The normalized spacial score (nSPS) is 11.2. The fourth-order valence-electron chi connectivity index (χ4n) is 1.98. The molecule has 4 nitrogen and oxygen atoms in total. The van der Waals surface area contributed by atoms with Gasteiger partial charge in [-0.3, -0.25) is 9.98 Å². The van der Waals surface area contributed by atoms with E-state index in [0.29, 0.717) is 11.3 Å². The van der Waals surface area contributed by atoms with Crippen LogP contribution in [0.3, 0.4) is 0 Å². The zero-order chi connectivity index (χ0) is 13.9. The average molecular weight is 264 g/mol. The van der Waals surface area contributed by atoms with Crippen molar-refractivity contribution in [3.63, 3.8) is 0 Å². The first-order valence-corrected chi connectivity index (χ1v) is 6.14. The molecule has 0 aliphatic carbocycles. The van der Waals surface area contributed by atoms with E-state index in [0.717, 1.165) is 10.9 Å². The van der Waals surface area contributed by atoms with Crippen LogP contribution in [0, 0.1) is 0 Å². The number of phenols is 2. The second-order valence-electron chi connectivity index (χ2n) is 4.35. The standard InChI is InChI=1S/C16H12N2O2/c19-13-6-7-15(20)12(9-13)10-18-14-5-1-3-11-4-2-8-17-16(11)14/h1-10,19-20H. The third-order valence-electron chi connectivity index (χ3n) is 2.97. The van der Waals surface area contributed by atoms with E-state index in [9.17, 15) is 10.2 Å². The maximum atomic E-state index is 9.71. The van der Waals surface area contributed by atoms with Crippen LogP contribution < -0.4 is 0 Å². The van der Waals surface area contributed by atoms with Gasteiger partial charge in [0.2, 0.25) is 0 Å². The molecule has 1 aromatic heterocycles. The van der Waals surface area contributed by atoms with E-state index in [1.165, 1.54) is 24.4 Å². The third-order valence-corrected chi connectivity index (χ3v) is 2.97. The van der Waals surface area contributed by atoms with Gasteiger partial charge in [-0.2, -0.15) is 0 Å². The first kappa shape index (κ1) is 12.2. The molecule has 0 saturated heterocycles. The van der Waals surface area contributed by atoms with Crippen molar-refractivity contribution in [2.75, 3.05) is 0 Å². The molecule has 0 unspecified atom stereocenters. The van der Waals surface area contributed by atoms with Gasteiger partial charge in [0.1, 0.15) is 11.5 Å². The monoisotopic (exact) mass is 264 g/mol. The Morgan fingerprint density at radius 2 is 1.85 bits per heavy atom. The zero-order valence-corrected chi connectivity index (χ0v) is 10.6. The number of hydrogen-bond acceptors (Lipinski definition) is 4. The molecule has 0 atom stereocenters. The van der Waals surface area contributed by atoms with Gasteiger partial charge in [-0.1, -0.05) is 18.2 Å². The predicted molar refractivity (Wildman–Crippen MR) is 78.8 cm³/mol. The largest absolute Gasteiger partial charge is 0.508 e. The van der Waals surface area contributed by atoms with Gasteiger partial charge in [-0.15, -0.1) is 0 Å². The molecule has 0 aliphatic rings. The van der Waals surface area contributed by atoms with Crippen molar-refractivity contribution in [3.05, 3.63) is 60.3 Å². The van der Waals surface area contributed by atoms with E-state index >= 15 is 0 Å². The summed E-state index contributed by atoms with van der Waals surface area (Å²) in [6.45, 7) is 0. The van der Waals surface area contributed by atoms with E-state index in [1.807, 2.05) is 30.3 Å². The number of aromatic nitrogens is 1. The Morgan fingerprint density at radius 1 is 1.00 bits per heavy atom. The number of pyridine rings is 1. The average Bonchev–Trinajstić information content (AvgIpc) is 2.48. The predicted octanol–water partition coefficient (Wildman–Crippen LogP) is 3.40. The molecule has 1 heterocycles. The highest BCUT2D eigenvalue weighted by atomic mass is 16.3. The molecule has 0 saturated carbocycles. The van der Waals surface area contributed by atoms with Gasteiger partial charge < -0.3 is 10.2 Å². The summed E-state index contributed by atoms with van der Waals surface area (Å²) in [6.07, 6.45) is 3.23. The maximum Gasteiger partial charge on any atom is 0.124 e. The summed E-state index contributed by atoms with van der Waals surface area (Å²) < 4.78 is 0. The lowest BCUT2D eigenvalue weighted by Gasteiger charge is -2.01. The van der Waals surface area contributed by atoms with Crippen molar-refractivity contribution in [3.8, 4) is 11.5 Å². The molecule has 0 aliphatic heterocycles. The Labute approximate surface area is 115 Å². The number of aromatic hydroxyl groups is 2. The molecule has 4 heteroatoms. The SMILES string of the molecule is Oc1ccc(O)c(C=Nc2cccc3cccnc23)c1. The van der Waals surface area contributed by atoms with Gasteiger partial charge in [0.05, 0.1) is 11.2 Å². The summed E-state index contributed by atoms with van der Waals surface area (Å²) in [5.74, 6) is 0.153. The van der Waals surface area contributed by atoms with Crippen molar-refractivity contribution < 1.29 is 10.2 Å². The number of fused-ring (bicyclic) bond motifs is 1. The van der Waals surface area contributed by atoms with E-state index in [-0.39, 0.29) is 11.5 Å². The Bertz CT molecular complexity index is 792. The van der Waals surface area contributed by atoms with Gasteiger partial charge in [-0.25, -0.2) is 0 Å². The summed E-state index contributed by atoms with van der Waals surface area (Å²) in [7, 11) is 0. The molecule has 0 spiro atoms. The number of para-hydroxylation sites is 1. The molecule has 3 rings (SSSR count). The van der Waals surface area contributed by atoms with Crippen molar-refractivity contribution in [1.82, 2.24) is 4.98 Å². The van der Waals surface area contributed by atoms with Gasteiger partial charge in [0, 0.05) is 23.4 Å². The van der Waals surface area contributed by atoms with E-state index in [4.69, 9.17) is 0 Å². The highest BCUT2D eigenvalue weighted by Crippen LogP contribution is 2.25. The highest BCUT2D eigenvalue weighted by Gasteiger charge is 2.02. The van der Waals surface area contributed by atoms with Crippen LogP contribution in [0.4, 0.5) is 5.69 Å². The summed E-state index contributed by atoms with van der Waals surface area (Å²) in [5.41, 5.74) is 1.97. The van der Waals surface area contributed by atoms with E-state index < -0.39 is 0 Å². The van der Waals surface area contributed by atoms with Gasteiger partial charge >= 0.3 is 0 Å². The number of rotatable bonds is 2. The fourth-order valence-corrected chi connectivity index (χ4v) is 1.98. The van der Waals surface area contributed by atoms with E-state index in [1.54, 1.807) is 6.20 Å². The van der Waals surface area contributed by atoms with Crippen molar-refractivity contribution in [2.45, 2.75) is 0 Å². The molecule has 0 bridgehead atoms. The van der Waals surface area contributed by atoms with Crippen LogP contribution in [0.2, 0.25) is 0 Å². The minimum absolute atomic E-state index is 0.0692. The van der Waals surface area contributed by atoms with Crippen LogP contribution in [0.5, 0.6) is 11.5 Å². The summed E-state index contributed by atoms with van der Waals surface area (Å²) in [4.78, 5) is 8.66. The third kappa shape index (κ3) is 2.31. The number of aliphatic imine (C=N–C) groups is 1. The topological polar surface area (TPSA) is 65.7 Å². The van der Waals surface area contributed by atoms with Crippen LogP contribution in [-0.2, 0) is 0 Å². The van der Waals surface area contributed by atoms with Crippen LogP contribution in [0.15, 0.2) is 59.7 Å². The Morgan fingerprint density at radius 3 is 2.75 bits per heavy atom. The lowest BCUT2D eigenvalue weighted by atomic mass is 10.2. The minimum Gasteiger partial charge on any atom is -0.508 e. The summed E-state index contributed by atoms with van der Waals surface area (Å²) in [5, 5.41) is 20.1. The number of benzene rings is 2. The maximum absolute atomic E-state index is 9.71. The molecule has 0 radical (unpaired) electrons. The first-order chi connectivity index (χ1) is 9.74. The molecule has 3 aromatic rings. The molecule has 2 N–H and O–H groups in total. The molecule has 2 aromatic carbocycles. The number of nitrogens with zero attached hydrogens (tertiary/aromatic N) is 2. The Kier molecular flexibility index (Phi) is 3.05. The van der Waals surface area contributed by atoms with Gasteiger partial charge in [-0.05, 0) is 30.3 Å². The van der Waals surface area contributed by atoms with Crippen LogP contribution in [-0.4, -0.2) is 21.4 Å². The minimum atomic E-state index is 0.0692. The molecule has 0 amide bonds. The van der Waals surface area contributed by atoms with E-state index in [2.05, 4.69) is 9.98 Å². The second-order valence-corrected chi connectivity index (χ2v) is 4.35. The first-order valence-electron chi connectivity index (χ1n) is 6.14. The zero-order valence-electron chi connectivity index (χ0n) is 10.6. The molecule has 20 heavy (non-hydrogen) atoms. The Hall–Kier alpha value is -2.88. The summed E-state index contributed by atoms with van der Waals surface area (Å²) in [6, 6.07) is 13.9. The molecular formula is C16H12N2O2. The molecule has 98 valence electrons. The van der Waals surface area contributed by atoms with Crippen molar-refractivity contribution in [1.29, 1.82) is 0 Å². The number of hydrogen-bond donors (Lipinski definition) is 2. The lowest BCUT2D eigenvalue weighted by molar-refractivity contribution is 0.459. The summed E-state index contributed by atoms with van der Waals surface area (Å²) >= 11 is 0. The van der Waals surface area contributed by atoms with Crippen LogP contribution in [0.25, 0.3) is 10.9 Å². The van der Waals surface area contributed by atoms with Crippen LogP contribution >= 0.6 is 0 Å². The highest BCUT2D eigenvalue weighted by molar-refractivity contribution is 5.93. The van der Waals surface area contributed by atoms with Crippen LogP contribution in [0.1, 0.15) is 5.56 Å². The van der Waals surface area contributed by atoms with Gasteiger partial charge in [0.15, 0.2) is 0 Å². The number of phenolic OH excluding ortho intramolecular Hbond substituents is 2. The lowest BCUT2D eigenvalue weighted by Crippen LogP contribution is -1.83. The smallest absolute Gasteiger partial charge is 0.124 e. The fraction of sp³-hybridized carbons (Fsp3) is 0. The van der Waals surface area contributed by atoms with Crippen molar-refractivity contribution in [2.24, 2.45) is 4.99 Å². The second kappa shape index (κ2) is 5.01. The quantitative estimate of drug-likeness (QED) is 0.550. The van der Waals surface area contributed by atoms with Gasteiger partial charge in [0.25, 0.3) is 0 Å². The molecular weight excluding hydrogens is 252 g/mol. The van der Waals surface area contributed by atoms with Crippen molar-refractivity contribution >= 4 is 22.8 Å². The molecule has 0 fully saturated rings.